The van der Waals surface area contributed by atoms with Crippen molar-refractivity contribution in [2.45, 2.75) is 6.10 Å². The molecule has 0 bridgehead atoms. The summed E-state index contributed by atoms with van der Waals surface area (Å²) < 4.78 is 31.1. The van der Waals surface area contributed by atoms with Crippen LogP contribution in [0.5, 0.6) is 5.75 Å². The summed E-state index contributed by atoms with van der Waals surface area (Å²) in [5.41, 5.74) is 0.821. The predicted octanol–water partition coefficient (Wildman–Crippen LogP) is 3.35. The van der Waals surface area contributed by atoms with Crippen molar-refractivity contribution in [1.82, 2.24) is 4.90 Å². The predicted molar refractivity (Wildman–Crippen MR) is 114 cm³/mol. The molecular weight excluding hydrogens is 415 g/mol. The highest BCUT2D eigenvalue weighted by atomic mass is 19.1. The van der Waals surface area contributed by atoms with Crippen LogP contribution < -0.4 is 9.64 Å². The Kier molecular flexibility index (Phi) is 5.36. The van der Waals surface area contributed by atoms with E-state index in [9.17, 15) is 14.0 Å². The Hall–Kier alpha value is -3.65. The minimum Gasteiger partial charge on any atom is -0.476 e. The van der Waals surface area contributed by atoms with Gasteiger partial charge in [0.15, 0.2) is 11.9 Å². The van der Waals surface area contributed by atoms with Crippen molar-refractivity contribution in [2.75, 3.05) is 37.7 Å². The van der Waals surface area contributed by atoms with Crippen LogP contribution in [0, 0.1) is 5.82 Å². The smallest absolute Gasteiger partial charge is 0.294 e. The first-order valence-electron chi connectivity index (χ1n) is 10.4. The van der Waals surface area contributed by atoms with Crippen LogP contribution in [0.4, 0.5) is 10.1 Å². The van der Waals surface area contributed by atoms with Gasteiger partial charge >= 0.3 is 0 Å². The highest BCUT2D eigenvalue weighted by Gasteiger charge is 2.37. The van der Waals surface area contributed by atoms with Gasteiger partial charge in [-0.05, 0) is 36.4 Å². The van der Waals surface area contributed by atoms with Crippen LogP contribution in [-0.2, 0) is 9.53 Å². The Morgan fingerprint density at radius 1 is 0.938 bits per heavy atom. The van der Waals surface area contributed by atoms with Gasteiger partial charge in [-0.15, -0.1) is 0 Å². The number of fused-ring (bicyclic) bond motifs is 1. The number of hydrogen-bond acceptors (Lipinski definition) is 5. The second-order valence-corrected chi connectivity index (χ2v) is 7.57. The number of furan rings is 1. The quantitative estimate of drug-likeness (QED) is 0.630. The van der Waals surface area contributed by atoms with Crippen LogP contribution >= 0.6 is 0 Å². The minimum atomic E-state index is -0.840. The molecule has 1 aromatic heterocycles. The minimum absolute atomic E-state index is 0.0434. The number of amides is 2. The third kappa shape index (κ3) is 3.73. The Bertz CT molecular complexity index is 1150. The number of para-hydroxylation sites is 2. The number of benzene rings is 2. The zero-order valence-electron chi connectivity index (χ0n) is 17.2. The van der Waals surface area contributed by atoms with Crippen LogP contribution in [0.1, 0.15) is 10.6 Å². The second-order valence-electron chi connectivity index (χ2n) is 7.57. The van der Waals surface area contributed by atoms with Gasteiger partial charge in [0.1, 0.15) is 17.3 Å². The number of ether oxygens (including phenoxy) is 2. The highest BCUT2D eigenvalue weighted by molar-refractivity contribution is 6.06. The zero-order valence-corrected chi connectivity index (χ0v) is 17.2. The van der Waals surface area contributed by atoms with Gasteiger partial charge in [0.2, 0.25) is 0 Å². The monoisotopic (exact) mass is 436 g/mol. The summed E-state index contributed by atoms with van der Waals surface area (Å²) in [4.78, 5) is 29.6. The molecule has 1 fully saturated rings. The van der Waals surface area contributed by atoms with Gasteiger partial charge < -0.3 is 18.8 Å². The van der Waals surface area contributed by atoms with Crippen molar-refractivity contribution in [1.29, 1.82) is 0 Å². The number of carbonyl (C=O) groups excluding carboxylic acids is 2. The van der Waals surface area contributed by atoms with Crippen LogP contribution in [0.25, 0.3) is 11.3 Å². The van der Waals surface area contributed by atoms with Gasteiger partial charge in [0.25, 0.3) is 11.8 Å². The molecule has 1 atom stereocenters. The number of halogens is 1. The van der Waals surface area contributed by atoms with E-state index in [1.807, 2.05) is 0 Å². The maximum absolute atomic E-state index is 14.1. The number of rotatable bonds is 3. The first kappa shape index (κ1) is 20.3. The topological polar surface area (TPSA) is 72.2 Å². The van der Waals surface area contributed by atoms with E-state index in [1.54, 1.807) is 53.4 Å². The molecule has 1 saturated heterocycles. The number of carbonyl (C=O) groups is 2. The average Bonchev–Trinajstić information content (AvgIpc) is 3.33. The molecule has 7 nitrogen and oxygen atoms in total. The van der Waals surface area contributed by atoms with Crippen molar-refractivity contribution < 1.29 is 27.9 Å². The maximum Gasteiger partial charge on any atom is 0.294 e. The zero-order chi connectivity index (χ0) is 22.1. The lowest BCUT2D eigenvalue weighted by Gasteiger charge is -2.37. The van der Waals surface area contributed by atoms with E-state index in [2.05, 4.69) is 0 Å². The maximum atomic E-state index is 14.1. The van der Waals surface area contributed by atoms with Gasteiger partial charge in [-0.25, -0.2) is 4.39 Å². The first-order chi connectivity index (χ1) is 15.6. The van der Waals surface area contributed by atoms with E-state index in [4.69, 9.17) is 13.9 Å². The number of hydrogen-bond donors (Lipinski definition) is 0. The standard InChI is InChI=1S/C24H21FN2O5/c25-17-6-2-1-5-16(17)19-9-10-21(31-19)24(29)27-15-22(23(28)26-11-13-30-14-12-26)32-20-8-4-3-7-18(20)27/h1-10,22H,11-15H2/t22-/m0/s1. The van der Waals surface area contributed by atoms with E-state index in [0.717, 1.165) is 0 Å². The van der Waals surface area contributed by atoms with Crippen LogP contribution in [0.15, 0.2) is 65.1 Å². The molecule has 0 radical (unpaired) electrons. The Morgan fingerprint density at radius 3 is 2.50 bits per heavy atom. The summed E-state index contributed by atoms with van der Waals surface area (Å²) in [6, 6.07) is 16.3. The normalized spacial score (nSPS) is 18.1. The molecule has 2 aliphatic heterocycles. The summed E-state index contributed by atoms with van der Waals surface area (Å²) >= 11 is 0. The largest absolute Gasteiger partial charge is 0.476 e. The van der Waals surface area contributed by atoms with E-state index in [1.165, 1.54) is 17.0 Å². The first-order valence-corrected chi connectivity index (χ1v) is 10.4. The molecule has 3 heterocycles. The third-order valence-electron chi connectivity index (χ3n) is 5.57. The van der Waals surface area contributed by atoms with Crippen molar-refractivity contribution in [3.05, 3.63) is 72.2 Å². The molecule has 0 unspecified atom stereocenters. The highest BCUT2D eigenvalue weighted by Crippen LogP contribution is 2.35. The molecule has 2 aromatic carbocycles. The van der Waals surface area contributed by atoms with E-state index in [-0.39, 0.29) is 29.5 Å². The molecule has 5 rings (SSSR count). The van der Waals surface area contributed by atoms with Gasteiger partial charge in [0.05, 0.1) is 31.0 Å². The summed E-state index contributed by atoms with van der Waals surface area (Å²) in [7, 11) is 0. The van der Waals surface area contributed by atoms with Crippen molar-refractivity contribution in [3.63, 3.8) is 0 Å². The molecule has 0 N–H and O–H groups in total. The molecular formula is C24H21FN2O5. The van der Waals surface area contributed by atoms with Crippen molar-refractivity contribution in [2.24, 2.45) is 0 Å². The molecule has 0 aliphatic carbocycles. The molecule has 0 saturated carbocycles. The molecule has 0 spiro atoms. The lowest BCUT2D eigenvalue weighted by Crippen LogP contribution is -2.54. The summed E-state index contributed by atoms with van der Waals surface area (Å²) in [6.07, 6.45) is -0.840. The van der Waals surface area contributed by atoms with Gasteiger partial charge in [-0.2, -0.15) is 0 Å². The second kappa shape index (κ2) is 8.47. The van der Waals surface area contributed by atoms with Crippen molar-refractivity contribution in [3.8, 4) is 17.1 Å². The van der Waals surface area contributed by atoms with E-state index < -0.39 is 17.8 Å². The Balaban J connectivity index is 1.43. The molecule has 164 valence electrons. The summed E-state index contributed by atoms with van der Waals surface area (Å²) in [6.45, 7) is 1.96. The number of anilines is 1. The molecule has 8 heteroatoms. The molecule has 3 aromatic rings. The van der Waals surface area contributed by atoms with Crippen molar-refractivity contribution >= 4 is 17.5 Å². The lowest BCUT2D eigenvalue weighted by atomic mass is 10.1. The van der Waals surface area contributed by atoms with Gasteiger partial charge in [-0.3, -0.25) is 14.5 Å². The SMILES string of the molecule is O=C([C@@H]1CN(C(=O)c2ccc(-c3ccccc3F)o2)c2ccccc2O1)N1CCOCC1. The fraction of sp³-hybridized carbons (Fsp3) is 0.250. The molecule has 2 amide bonds. The molecule has 32 heavy (non-hydrogen) atoms. The van der Waals surface area contributed by atoms with E-state index in [0.29, 0.717) is 37.7 Å². The van der Waals surface area contributed by atoms with Crippen LogP contribution in [0.3, 0.4) is 0 Å². The third-order valence-corrected chi connectivity index (χ3v) is 5.57. The number of morpholine rings is 1. The summed E-state index contributed by atoms with van der Waals surface area (Å²) in [5.74, 6) is -0.296. The average molecular weight is 436 g/mol. The summed E-state index contributed by atoms with van der Waals surface area (Å²) in [5, 5.41) is 0. The van der Waals surface area contributed by atoms with Gasteiger partial charge in [-0.1, -0.05) is 24.3 Å². The fourth-order valence-corrected chi connectivity index (χ4v) is 3.93. The lowest BCUT2D eigenvalue weighted by molar-refractivity contribution is -0.142. The Morgan fingerprint density at radius 2 is 1.69 bits per heavy atom. The van der Waals surface area contributed by atoms with Gasteiger partial charge in [0, 0.05) is 13.1 Å². The Labute approximate surface area is 183 Å². The molecule has 2 aliphatic rings. The number of nitrogens with zero attached hydrogens (tertiary/aromatic N) is 2. The van der Waals surface area contributed by atoms with Crippen LogP contribution in [-0.4, -0.2) is 55.7 Å². The fourth-order valence-electron chi connectivity index (χ4n) is 3.93. The van der Waals surface area contributed by atoms with Crippen LogP contribution in [0.2, 0.25) is 0 Å². The van der Waals surface area contributed by atoms with E-state index >= 15 is 0 Å².